The maximum absolute atomic E-state index is 12.3. The number of hydrogen-bond donors (Lipinski definition) is 3. The quantitative estimate of drug-likeness (QED) is 0.534. The zero-order valence-electron chi connectivity index (χ0n) is 12.0. The molecule has 0 saturated carbocycles. The van der Waals surface area contributed by atoms with E-state index in [0.717, 1.165) is 24.2 Å². The fourth-order valence-corrected chi connectivity index (χ4v) is 2.33. The van der Waals surface area contributed by atoms with Crippen molar-refractivity contribution in [3.63, 3.8) is 0 Å². The number of fused-ring (bicyclic) bond motifs is 1. The molecule has 1 unspecified atom stereocenters. The molecule has 0 aromatic heterocycles. The molecule has 1 aromatic rings. The van der Waals surface area contributed by atoms with Crippen LogP contribution in [-0.2, 0) is 11.2 Å². The highest BCUT2D eigenvalue weighted by Crippen LogP contribution is 2.23. The second-order valence-corrected chi connectivity index (χ2v) is 5.07. The summed E-state index contributed by atoms with van der Waals surface area (Å²) in [6, 6.07) is 5.56. The largest absolute Gasteiger partial charge is 0.384 e. The molecule has 1 amide bonds. The number of rotatable bonds is 6. The fourth-order valence-electron chi connectivity index (χ4n) is 2.33. The monoisotopic (exact) mass is 275 g/mol. The average Bonchev–Trinajstić information content (AvgIpc) is 2.89. The van der Waals surface area contributed by atoms with E-state index in [9.17, 15) is 9.59 Å². The van der Waals surface area contributed by atoms with Gasteiger partial charge in [0.2, 0.25) is 5.91 Å². The first-order valence-electron chi connectivity index (χ1n) is 6.97. The van der Waals surface area contributed by atoms with Crippen molar-refractivity contribution in [1.29, 1.82) is 0 Å². The summed E-state index contributed by atoms with van der Waals surface area (Å²) in [5, 5.41) is 9.10. The number of carbonyl (C=O) groups excluding carboxylic acids is 2. The number of ketones is 1. The van der Waals surface area contributed by atoms with Crippen molar-refractivity contribution in [1.82, 2.24) is 10.6 Å². The van der Waals surface area contributed by atoms with Crippen molar-refractivity contribution in [3.05, 3.63) is 29.3 Å². The van der Waals surface area contributed by atoms with E-state index in [-0.39, 0.29) is 17.7 Å². The SMILES string of the molecule is CC(=O)NCCNC(C)C(=O)c1ccc2c(c1)CCN2. The van der Waals surface area contributed by atoms with Crippen molar-refractivity contribution in [2.24, 2.45) is 0 Å². The highest BCUT2D eigenvalue weighted by Gasteiger charge is 2.17. The number of amides is 1. The van der Waals surface area contributed by atoms with Gasteiger partial charge < -0.3 is 16.0 Å². The second-order valence-electron chi connectivity index (χ2n) is 5.07. The predicted octanol–water partition coefficient (Wildman–Crippen LogP) is 0.951. The van der Waals surface area contributed by atoms with Gasteiger partial charge in [0.15, 0.2) is 5.78 Å². The summed E-state index contributed by atoms with van der Waals surface area (Å²) in [6.45, 7) is 5.38. The minimum Gasteiger partial charge on any atom is -0.384 e. The van der Waals surface area contributed by atoms with Gasteiger partial charge >= 0.3 is 0 Å². The van der Waals surface area contributed by atoms with E-state index in [1.54, 1.807) is 0 Å². The average molecular weight is 275 g/mol. The van der Waals surface area contributed by atoms with Gasteiger partial charge in [-0.25, -0.2) is 0 Å². The van der Waals surface area contributed by atoms with Gasteiger partial charge in [0.05, 0.1) is 6.04 Å². The Morgan fingerprint density at radius 3 is 2.90 bits per heavy atom. The lowest BCUT2D eigenvalue weighted by Crippen LogP contribution is -2.39. The molecular formula is C15H21N3O2. The molecule has 108 valence electrons. The van der Waals surface area contributed by atoms with Gasteiger partial charge in [0.25, 0.3) is 0 Å². The summed E-state index contributed by atoms with van der Waals surface area (Å²) in [4.78, 5) is 23.0. The maximum atomic E-state index is 12.3. The molecule has 20 heavy (non-hydrogen) atoms. The fraction of sp³-hybridized carbons (Fsp3) is 0.467. The minimum atomic E-state index is -0.254. The van der Waals surface area contributed by atoms with Gasteiger partial charge in [0, 0.05) is 37.8 Å². The zero-order valence-corrected chi connectivity index (χ0v) is 12.0. The smallest absolute Gasteiger partial charge is 0.216 e. The Labute approximate surface area is 119 Å². The van der Waals surface area contributed by atoms with Gasteiger partial charge in [0.1, 0.15) is 0 Å². The number of carbonyl (C=O) groups is 2. The van der Waals surface area contributed by atoms with Crippen LogP contribution in [0, 0.1) is 0 Å². The van der Waals surface area contributed by atoms with Crippen molar-refractivity contribution < 1.29 is 9.59 Å². The molecular weight excluding hydrogens is 254 g/mol. The Kier molecular flexibility index (Phi) is 4.74. The lowest BCUT2D eigenvalue weighted by molar-refractivity contribution is -0.118. The van der Waals surface area contributed by atoms with Crippen molar-refractivity contribution in [2.45, 2.75) is 26.3 Å². The second kappa shape index (κ2) is 6.52. The first-order chi connectivity index (χ1) is 9.58. The Morgan fingerprint density at radius 2 is 2.15 bits per heavy atom. The first kappa shape index (κ1) is 14.5. The van der Waals surface area contributed by atoms with Gasteiger partial charge in [-0.2, -0.15) is 0 Å². The summed E-state index contributed by atoms with van der Waals surface area (Å²) in [6.07, 6.45) is 0.973. The molecule has 0 fully saturated rings. The Hall–Kier alpha value is -1.88. The topological polar surface area (TPSA) is 70.2 Å². The molecule has 2 rings (SSSR count). The van der Waals surface area contributed by atoms with Crippen LogP contribution in [0.4, 0.5) is 5.69 Å². The molecule has 1 atom stereocenters. The first-order valence-corrected chi connectivity index (χ1v) is 6.97. The van der Waals surface area contributed by atoms with E-state index in [0.29, 0.717) is 13.1 Å². The van der Waals surface area contributed by atoms with E-state index in [1.807, 2.05) is 25.1 Å². The van der Waals surface area contributed by atoms with Crippen LogP contribution in [0.3, 0.4) is 0 Å². The Balaban J connectivity index is 1.88. The summed E-state index contributed by atoms with van der Waals surface area (Å²) >= 11 is 0. The Morgan fingerprint density at radius 1 is 1.35 bits per heavy atom. The van der Waals surface area contributed by atoms with Crippen LogP contribution in [0.25, 0.3) is 0 Å². The lowest BCUT2D eigenvalue weighted by Gasteiger charge is -2.13. The van der Waals surface area contributed by atoms with Crippen LogP contribution in [0.1, 0.15) is 29.8 Å². The van der Waals surface area contributed by atoms with Crippen LogP contribution in [0.15, 0.2) is 18.2 Å². The highest BCUT2D eigenvalue weighted by atomic mass is 16.1. The third kappa shape index (κ3) is 3.57. The molecule has 0 spiro atoms. The van der Waals surface area contributed by atoms with Gasteiger partial charge in [-0.15, -0.1) is 0 Å². The van der Waals surface area contributed by atoms with Crippen LogP contribution >= 0.6 is 0 Å². The van der Waals surface area contributed by atoms with Crippen molar-refractivity contribution in [2.75, 3.05) is 25.0 Å². The molecule has 0 aliphatic carbocycles. The van der Waals surface area contributed by atoms with Crippen LogP contribution in [0.5, 0.6) is 0 Å². The van der Waals surface area contributed by atoms with Crippen LogP contribution in [-0.4, -0.2) is 37.4 Å². The number of nitrogens with one attached hydrogen (secondary N) is 3. The summed E-state index contributed by atoms with van der Waals surface area (Å²) in [5.74, 6) is 0.0272. The molecule has 5 nitrogen and oxygen atoms in total. The third-order valence-electron chi connectivity index (χ3n) is 3.44. The lowest BCUT2D eigenvalue weighted by atomic mass is 10.0. The van der Waals surface area contributed by atoms with Gasteiger partial charge in [-0.05, 0) is 37.1 Å². The zero-order chi connectivity index (χ0) is 14.5. The van der Waals surface area contributed by atoms with E-state index >= 15 is 0 Å². The van der Waals surface area contributed by atoms with Gasteiger partial charge in [-0.1, -0.05) is 0 Å². The number of hydrogen-bond acceptors (Lipinski definition) is 4. The predicted molar refractivity (Wildman–Crippen MR) is 79.1 cm³/mol. The third-order valence-corrected chi connectivity index (χ3v) is 3.44. The molecule has 1 aromatic carbocycles. The summed E-state index contributed by atoms with van der Waals surface area (Å²) < 4.78 is 0. The molecule has 1 aliphatic heterocycles. The maximum Gasteiger partial charge on any atom is 0.216 e. The number of anilines is 1. The molecule has 1 aliphatic rings. The molecule has 0 bridgehead atoms. The van der Waals surface area contributed by atoms with E-state index in [2.05, 4.69) is 16.0 Å². The normalized spacial score (nSPS) is 14.3. The molecule has 0 radical (unpaired) electrons. The van der Waals surface area contributed by atoms with E-state index < -0.39 is 0 Å². The molecule has 1 heterocycles. The molecule has 3 N–H and O–H groups in total. The van der Waals surface area contributed by atoms with E-state index in [4.69, 9.17) is 0 Å². The molecule has 0 saturated heterocycles. The minimum absolute atomic E-state index is 0.0584. The van der Waals surface area contributed by atoms with Gasteiger partial charge in [-0.3, -0.25) is 9.59 Å². The van der Waals surface area contributed by atoms with Crippen LogP contribution < -0.4 is 16.0 Å². The standard InChI is InChI=1S/C15H21N3O2/c1-10(16-7-8-17-11(2)19)15(20)13-3-4-14-12(9-13)5-6-18-14/h3-4,9-10,16,18H,5-8H2,1-2H3,(H,17,19). The number of benzene rings is 1. The van der Waals surface area contributed by atoms with Crippen LogP contribution in [0.2, 0.25) is 0 Å². The van der Waals surface area contributed by atoms with E-state index in [1.165, 1.54) is 12.5 Å². The Bertz CT molecular complexity index is 514. The van der Waals surface area contributed by atoms with Crippen molar-refractivity contribution in [3.8, 4) is 0 Å². The summed E-state index contributed by atoms with van der Waals surface area (Å²) in [7, 11) is 0. The highest BCUT2D eigenvalue weighted by molar-refractivity contribution is 6.00. The number of Topliss-reactive ketones (excluding diaryl/α,β-unsaturated/α-hetero) is 1. The van der Waals surface area contributed by atoms with Crippen molar-refractivity contribution >= 4 is 17.4 Å². The molecule has 5 heteroatoms. The summed E-state index contributed by atoms with van der Waals surface area (Å²) in [5.41, 5.74) is 3.08.